The van der Waals surface area contributed by atoms with E-state index in [4.69, 9.17) is 23.2 Å². The van der Waals surface area contributed by atoms with Crippen LogP contribution < -0.4 is 0 Å². The molecule has 0 saturated carbocycles. The second-order valence-corrected chi connectivity index (χ2v) is 4.06. The van der Waals surface area contributed by atoms with E-state index in [0.717, 1.165) is 8.95 Å². The molecule has 0 aliphatic heterocycles. The molecule has 10 heavy (non-hydrogen) atoms. The molecule has 0 heterocycles. The van der Waals surface area contributed by atoms with Crippen LogP contribution in [0.2, 0.25) is 10.0 Å². The highest BCUT2D eigenvalue weighted by molar-refractivity contribution is 9.13. The van der Waals surface area contributed by atoms with Gasteiger partial charge in [0.1, 0.15) is 0 Å². The molecular weight excluding hydrogens is 303 g/mol. The molecule has 0 saturated heterocycles. The quantitative estimate of drug-likeness (QED) is 0.488. The van der Waals surface area contributed by atoms with Crippen molar-refractivity contribution in [3.8, 4) is 0 Å². The molecule has 0 bridgehead atoms. The lowest BCUT2D eigenvalue weighted by atomic mass is 10.4. The summed E-state index contributed by atoms with van der Waals surface area (Å²) in [5, 5.41) is 1.30. The average molecular weight is 305 g/mol. The molecule has 0 aromatic heterocycles. The van der Waals surface area contributed by atoms with Crippen LogP contribution in [-0.4, -0.2) is 0 Å². The van der Waals surface area contributed by atoms with Crippen molar-refractivity contribution >= 4 is 55.1 Å². The summed E-state index contributed by atoms with van der Waals surface area (Å²) in [7, 11) is 0. The van der Waals surface area contributed by atoms with E-state index in [9.17, 15) is 0 Å². The van der Waals surface area contributed by atoms with E-state index in [0.29, 0.717) is 10.0 Å². The first-order valence-corrected chi connectivity index (χ1v) is 4.76. The van der Waals surface area contributed by atoms with Crippen LogP contribution in [0.15, 0.2) is 21.1 Å². The van der Waals surface area contributed by atoms with Crippen molar-refractivity contribution in [2.75, 3.05) is 0 Å². The zero-order chi connectivity index (χ0) is 7.72. The third-order valence-electron chi connectivity index (χ3n) is 0.988. The third kappa shape index (κ3) is 1.67. The van der Waals surface area contributed by atoms with Gasteiger partial charge in [0.05, 0.1) is 19.0 Å². The van der Waals surface area contributed by atoms with Crippen LogP contribution >= 0.6 is 55.1 Å². The molecular formula is C6H2Br2Cl2. The van der Waals surface area contributed by atoms with E-state index >= 15 is 0 Å². The van der Waals surface area contributed by atoms with Crippen molar-refractivity contribution in [2.24, 2.45) is 0 Å². The third-order valence-corrected chi connectivity index (χ3v) is 4.25. The Morgan fingerprint density at radius 1 is 0.900 bits per heavy atom. The first-order valence-electron chi connectivity index (χ1n) is 2.42. The first-order chi connectivity index (χ1) is 4.63. The van der Waals surface area contributed by atoms with Crippen molar-refractivity contribution < 1.29 is 0 Å². The maximum atomic E-state index is 5.75. The van der Waals surface area contributed by atoms with Crippen LogP contribution in [-0.2, 0) is 0 Å². The molecule has 4 heteroatoms. The summed E-state index contributed by atoms with van der Waals surface area (Å²) in [5.41, 5.74) is 0. The van der Waals surface area contributed by atoms with E-state index in [1.165, 1.54) is 0 Å². The molecule has 1 aromatic carbocycles. The minimum Gasteiger partial charge on any atom is -0.0831 e. The van der Waals surface area contributed by atoms with E-state index in [1.807, 2.05) is 0 Å². The summed E-state index contributed by atoms with van der Waals surface area (Å²) >= 11 is 18.0. The molecule has 54 valence electrons. The van der Waals surface area contributed by atoms with Gasteiger partial charge < -0.3 is 0 Å². The molecule has 0 spiro atoms. The SMILES string of the molecule is Clc1ccc(Cl)c(Br)c1Br. The molecule has 0 atom stereocenters. The van der Waals surface area contributed by atoms with Gasteiger partial charge in [-0.05, 0) is 44.0 Å². The maximum absolute atomic E-state index is 5.75. The fraction of sp³-hybridized carbons (Fsp3) is 0. The van der Waals surface area contributed by atoms with Crippen molar-refractivity contribution in [1.29, 1.82) is 0 Å². The van der Waals surface area contributed by atoms with Crippen LogP contribution in [0.3, 0.4) is 0 Å². The molecule has 1 rings (SSSR count). The van der Waals surface area contributed by atoms with Gasteiger partial charge in [0.25, 0.3) is 0 Å². The van der Waals surface area contributed by atoms with E-state index in [2.05, 4.69) is 31.9 Å². The normalized spacial score (nSPS) is 10.0. The van der Waals surface area contributed by atoms with Crippen molar-refractivity contribution in [3.63, 3.8) is 0 Å². The fourth-order valence-electron chi connectivity index (χ4n) is 0.502. The number of hydrogen-bond acceptors (Lipinski definition) is 0. The minimum absolute atomic E-state index is 0.649. The van der Waals surface area contributed by atoms with Crippen molar-refractivity contribution in [3.05, 3.63) is 31.1 Å². The Kier molecular flexibility index (Phi) is 3.04. The van der Waals surface area contributed by atoms with Crippen LogP contribution in [0.25, 0.3) is 0 Å². The number of rotatable bonds is 0. The smallest absolute Gasteiger partial charge is 0.0560 e. The van der Waals surface area contributed by atoms with Crippen LogP contribution in [0.5, 0.6) is 0 Å². The van der Waals surface area contributed by atoms with E-state index in [1.54, 1.807) is 12.1 Å². The minimum atomic E-state index is 0.649. The fourth-order valence-corrected chi connectivity index (χ4v) is 1.74. The zero-order valence-corrected chi connectivity index (χ0v) is 9.35. The highest BCUT2D eigenvalue weighted by Crippen LogP contribution is 2.35. The molecule has 0 aliphatic carbocycles. The Hall–Kier alpha value is 0.760. The van der Waals surface area contributed by atoms with Gasteiger partial charge in [-0.2, -0.15) is 0 Å². The van der Waals surface area contributed by atoms with Gasteiger partial charge in [-0.1, -0.05) is 23.2 Å². The highest BCUT2D eigenvalue weighted by Gasteiger charge is 2.04. The Bertz CT molecular complexity index is 233. The lowest BCUT2D eigenvalue weighted by Crippen LogP contribution is -1.72. The van der Waals surface area contributed by atoms with E-state index in [-0.39, 0.29) is 0 Å². The number of benzene rings is 1. The topological polar surface area (TPSA) is 0 Å². The van der Waals surface area contributed by atoms with Crippen LogP contribution in [0.1, 0.15) is 0 Å². The van der Waals surface area contributed by atoms with Crippen molar-refractivity contribution in [1.82, 2.24) is 0 Å². The van der Waals surface area contributed by atoms with Gasteiger partial charge in [-0.15, -0.1) is 0 Å². The molecule has 1 aromatic rings. The molecule has 0 amide bonds. The van der Waals surface area contributed by atoms with Gasteiger partial charge in [0, 0.05) is 0 Å². The zero-order valence-electron chi connectivity index (χ0n) is 4.67. The molecule has 0 unspecified atom stereocenters. The van der Waals surface area contributed by atoms with Crippen molar-refractivity contribution in [2.45, 2.75) is 0 Å². The summed E-state index contributed by atoms with van der Waals surface area (Å²) < 4.78 is 1.59. The van der Waals surface area contributed by atoms with Gasteiger partial charge in [-0.3, -0.25) is 0 Å². The molecule has 0 nitrogen and oxygen atoms in total. The monoisotopic (exact) mass is 302 g/mol. The predicted octanol–water partition coefficient (Wildman–Crippen LogP) is 4.52. The summed E-state index contributed by atoms with van der Waals surface area (Å²) in [6, 6.07) is 3.47. The Balaban J connectivity index is 3.34. The molecule has 0 fully saturated rings. The standard InChI is InChI=1S/C6H2Br2Cl2/c7-5-3(9)1-2-4(10)6(5)8/h1-2H. The van der Waals surface area contributed by atoms with Crippen LogP contribution in [0, 0.1) is 0 Å². The summed E-state index contributed by atoms with van der Waals surface area (Å²) in [6.07, 6.45) is 0. The summed E-state index contributed by atoms with van der Waals surface area (Å²) in [5.74, 6) is 0. The van der Waals surface area contributed by atoms with Gasteiger partial charge in [0.15, 0.2) is 0 Å². The second kappa shape index (κ2) is 3.44. The first kappa shape index (κ1) is 8.85. The summed E-state index contributed by atoms with van der Waals surface area (Å²) in [4.78, 5) is 0. The van der Waals surface area contributed by atoms with Crippen LogP contribution in [0.4, 0.5) is 0 Å². The lowest BCUT2D eigenvalue weighted by molar-refractivity contribution is 1.59. The Morgan fingerprint density at radius 2 is 1.20 bits per heavy atom. The highest BCUT2D eigenvalue weighted by atomic mass is 79.9. The van der Waals surface area contributed by atoms with Gasteiger partial charge in [-0.25, -0.2) is 0 Å². The largest absolute Gasteiger partial charge is 0.0831 e. The molecule has 0 aliphatic rings. The average Bonchev–Trinajstić information content (AvgIpc) is 1.93. The number of hydrogen-bond donors (Lipinski definition) is 0. The van der Waals surface area contributed by atoms with Gasteiger partial charge >= 0.3 is 0 Å². The summed E-state index contributed by atoms with van der Waals surface area (Å²) in [6.45, 7) is 0. The molecule has 0 N–H and O–H groups in total. The Morgan fingerprint density at radius 3 is 1.50 bits per heavy atom. The second-order valence-electron chi connectivity index (χ2n) is 1.66. The Labute approximate surface area is 85.8 Å². The number of halogens is 4. The lowest BCUT2D eigenvalue weighted by Gasteiger charge is -1.99. The maximum Gasteiger partial charge on any atom is 0.0560 e. The van der Waals surface area contributed by atoms with E-state index < -0.39 is 0 Å². The predicted molar refractivity (Wildman–Crippen MR) is 51.9 cm³/mol. The van der Waals surface area contributed by atoms with Gasteiger partial charge in [0.2, 0.25) is 0 Å². The molecule has 0 radical (unpaired) electrons.